The van der Waals surface area contributed by atoms with Crippen LogP contribution >= 0.6 is 0 Å². The molecule has 194 valence electrons. The van der Waals surface area contributed by atoms with Crippen molar-refractivity contribution in [1.82, 2.24) is 25.6 Å². The lowest BCUT2D eigenvalue weighted by Crippen LogP contribution is -2.32. The van der Waals surface area contributed by atoms with Crippen molar-refractivity contribution in [2.45, 2.75) is 25.8 Å². The van der Waals surface area contributed by atoms with E-state index in [2.05, 4.69) is 25.6 Å². The van der Waals surface area contributed by atoms with Crippen LogP contribution in [0.25, 0.3) is 33.1 Å². The third-order valence-corrected chi connectivity index (χ3v) is 6.70. The largest absolute Gasteiger partial charge is 0.361 e. The second kappa shape index (κ2) is 10.1. The summed E-state index contributed by atoms with van der Waals surface area (Å²) >= 11 is 0. The first-order valence-corrected chi connectivity index (χ1v) is 12.4. The molecular formula is C30H23F2N5O2. The van der Waals surface area contributed by atoms with Crippen LogP contribution in [0.2, 0.25) is 0 Å². The number of nitrogens with one attached hydrogen (secondary N) is 2. The van der Waals surface area contributed by atoms with Gasteiger partial charge in [-0.3, -0.25) is 9.78 Å². The topological polar surface area (TPSA) is 96.7 Å². The zero-order valence-electron chi connectivity index (χ0n) is 20.9. The molecular weight excluding hydrogens is 500 g/mol. The van der Waals surface area contributed by atoms with Crippen LogP contribution in [0.5, 0.6) is 0 Å². The van der Waals surface area contributed by atoms with Crippen molar-refractivity contribution in [3.63, 3.8) is 0 Å². The van der Waals surface area contributed by atoms with Crippen LogP contribution in [0.4, 0.5) is 8.78 Å². The molecule has 7 nitrogen and oxygen atoms in total. The summed E-state index contributed by atoms with van der Waals surface area (Å²) in [6, 6.07) is 17.8. The van der Waals surface area contributed by atoms with Crippen LogP contribution in [0.15, 0.2) is 83.8 Å². The Labute approximate surface area is 221 Å². The van der Waals surface area contributed by atoms with Crippen molar-refractivity contribution in [1.29, 1.82) is 0 Å². The number of benzene rings is 3. The first kappa shape index (κ1) is 24.4. The number of pyridine rings is 1. The lowest BCUT2D eigenvalue weighted by molar-refractivity contribution is -0.121. The van der Waals surface area contributed by atoms with Crippen molar-refractivity contribution < 1.29 is 18.2 Å². The summed E-state index contributed by atoms with van der Waals surface area (Å²) in [4.78, 5) is 21.2. The van der Waals surface area contributed by atoms with E-state index in [9.17, 15) is 13.6 Å². The molecule has 0 aliphatic carbocycles. The fourth-order valence-corrected chi connectivity index (χ4v) is 4.93. The molecule has 1 amide bonds. The van der Waals surface area contributed by atoms with Gasteiger partial charge in [0.25, 0.3) is 0 Å². The number of carbonyl (C=O) groups excluding carboxylic acids is 1. The number of carbonyl (C=O) groups is 1. The van der Waals surface area contributed by atoms with Gasteiger partial charge in [-0.15, -0.1) is 0 Å². The smallest absolute Gasteiger partial charge is 0.225 e. The molecule has 0 saturated carbocycles. The highest BCUT2D eigenvalue weighted by molar-refractivity contribution is 5.89. The molecule has 3 aromatic heterocycles. The number of hydrogen-bond donors (Lipinski definition) is 2. The first-order valence-electron chi connectivity index (χ1n) is 12.4. The summed E-state index contributed by atoms with van der Waals surface area (Å²) in [5.74, 6) is -1.61. The predicted molar refractivity (Wildman–Crippen MR) is 143 cm³/mol. The number of halogens is 2. The second-order valence-electron chi connectivity index (χ2n) is 9.55. The monoisotopic (exact) mass is 523 g/mol. The third kappa shape index (κ3) is 5.11. The summed E-state index contributed by atoms with van der Waals surface area (Å²) in [7, 11) is 0. The minimum Gasteiger partial charge on any atom is -0.361 e. The number of H-pyrrole nitrogens is 1. The van der Waals surface area contributed by atoms with Gasteiger partial charge in [-0.05, 0) is 82.8 Å². The van der Waals surface area contributed by atoms with E-state index in [1.54, 1.807) is 18.3 Å². The van der Waals surface area contributed by atoms with Crippen LogP contribution in [0.3, 0.4) is 0 Å². The van der Waals surface area contributed by atoms with Gasteiger partial charge in [0, 0.05) is 34.9 Å². The number of amides is 1. The normalized spacial score (nSPS) is 12.2. The standard InChI is InChI=1S/C30H23F2N5O2/c1-17-4-6-25-24(9-17)20(16-34-25)14-29(38)35-28(12-18-10-21(31)15-22(32)11-18)30-23(3-2-8-33-30)19-5-7-26-27(13-19)37-39-36-26/h2-11,13,15-16,28,34H,12,14H2,1H3,(H,35,38). The van der Waals surface area contributed by atoms with Crippen LogP contribution in [-0.2, 0) is 17.6 Å². The molecule has 0 spiro atoms. The Morgan fingerprint density at radius 1 is 1.00 bits per heavy atom. The lowest BCUT2D eigenvalue weighted by Gasteiger charge is -2.21. The molecule has 1 atom stereocenters. The highest BCUT2D eigenvalue weighted by atomic mass is 19.1. The van der Waals surface area contributed by atoms with E-state index in [0.717, 1.165) is 39.2 Å². The van der Waals surface area contributed by atoms with Crippen LogP contribution in [0.1, 0.15) is 28.4 Å². The summed E-state index contributed by atoms with van der Waals surface area (Å²) in [6.45, 7) is 2.00. The van der Waals surface area contributed by atoms with Crippen LogP contribution < -0.4 is 5.32 Å². The lowest BCUT2D eigenvalue weighted by atomic mass is 9.95. The zero-order chi connectivity index (χ0) is 26.9. The van der Waals surface area contributed by atoms with Crippen molar-refractivity contribution in [3.05, 3.63) is 113 Å². The van der Waals surface area contributed by atoms with Crippen molar-refractivity contribution in [3.8, 4) is 11.1 Å². The minimum atomic E-state index is -0.686. The highest BCUT2D eigenvalue weighted by Gasteiger charge is 2.22. The number of aromatic amines is 1. The second-order valence-corrected chi connectivity index (χ2v) is 9.55. The molecule has 6 rings (SSSR count). The van der Waals surface area contributed by atoms with E-state index in [-0.39, 0.29) is 18.7 Å². The Hall–Kier alpha value is -4.92. The highest BCUT2D eigenvalue weighted by Crippen LogP contribution is 2.31. The van der Waals surface area contributed by atoms with Gasteiger partial charge in [0.05, 0.1) is 18.2 Å². The average Bonchev–Trinajstić information content (AvgIpc) is 3.54. The van der Waals surface area contributed by atoms with Gasteiger partial charge in [0.15, 0.2) is 0 Å². The maximum Gasteiger partial charge on any atom is 0.225 e. The van der Waals surface area contributed by atoms with E-state index >= 15 is 0 Å². The minimum absolute atomic E-state index is 0.121. The van der Waals surface area contributed by atoms with Gasteiger partial charge in [-0.1, -0.05) is 23.8 Å². The van der Waals surface area contributed by atoms with Gasteiger partial charge < -0.3 is 10.3 Å². The van der Waals surface area contributed by atoms with Crippen LogP contribution in [-0.4, -0.2) is 26.2 Å². The molecule has 0 saturated heterocycles. The van der Waals surface area contributed by atoms with E-state index in [1.807, 2.05) is 49.5 Å². The van der Waals surface area contributed by atoms with Crippen molar-refractivity contribution >= 4 is 27.8 Å². The molecule has 2 N–H and O–H groups in total. The predicted octanol–water partition coefficient (Wildman–Crippen LogP) is 6.00. The summed E-state index contributed by atoms with van der Waals surface area (Å²) in [5, 5.41) is 11.8. The molecule has 9 heteroatoms. The molecule has 0 aliphatic heterocycles. The number of hydrogen-bond acceptors (Lipinski definition) is 5. The molecule has 0 radical (unpaired) electrons. The van der Waals surface area contributed by atoms with E-state index in [4.69, 9.17) is 4.63 Å². The van der Waals surface area contributed by atoms with E-state index < -0.39 is 17.7 Å². The Morgan fingerprint density at radius 2 is 1.82 bits per heavy atom. The molecule has 0 fully saturated rings. The molecule has 0 aliphatic rings. The molecule has 1 unspecified atom stereocenters. The molecule has 3 heterocycles. The SMILES string of the molecule is Cc1ccc2[nH]cc(CC(=O)NC(Cc3cc(F)cc(F)c3)c3ncccc3-c3ccc4nonc4c3)c2c1. The Bertz CT molecular complexity index is 1810. The van der Waals surface area contributed by atoms with Gasteiger partial charge in [0.2, 0.25) is 5.91 Å². The number of aryl methyl sites for hydroxylation is 1. The maximum absolute atomic E-state index is 14.1. The Morgan fingerprint density at radius 3 is 2.67 bits per heavy atom. The Balaban J connectivity index is 1.37. The summed E-state index contributed by atoms with van der Waals surface area (Å²) in [6.07, 6.45) is 3.71. The molecule has 0 bridgehead atoms. The van der Waals surface area contributed by atoms with Crippen molar-refractivity contribution in [2.24, 2.45) is 0 Å². The number of aromatic nitrogens is 4. The molecule has 39 heavy (non-hydrogen) atoms. The Kier molecular flexibility index (Phi) is 6.32. The summed E-state index contributed by atoms with van der Waals surface area (Å²) in [5.41, 5.74) is 6.56. The number of nitrogens with zero attached hydrogens (tertiary/aromatic N) is 3. The van der Waals surface area contributed by atoms with Gasteiger partial charge in [-0.2, -0.15) is 0 Å². The van der Waals surface area contributed by atoms with Crippen molar-refractivity contribution in [2.75, 3.05) is 0 Å². The number of rotatable bonds is 7. The molecule has 6 aromatic rings. The van der Waals surface area contributed by atoms with Gasteiger partial charge >= 0.3 is 0 Å². The maximum atomic E-state index is 14.1. The third-order valence-electron chi connectivity index (χ3n) is 6.70. The quantitative estimate of drug-likeness (QED) is 0.268. The zero-order valence-corrected chi connectivity index (χ0v) is 20.9. The first-order chi connectivity index (χ1) is 18.9. The van der Waals surface area contributed by atoms with E-state index in [1.165, 1.54) is 12.1 Å². The average molecular weight is 524 g/mol. The van der Waals surface area contributed by atoms with Gasteiger partial charge in [-0.25, -0.2) is 13.4 Å². The van der Waals surface area contributed by atoms with E-state index in [0.29, 0.717) is 22.3 Å². The van der Waals surface area contributed by atoms with Crippen LogP contribution in [0, 0.1) is 18.6 Å². The number of fused-ring (bicyclic) bond motifs is 2. The molecule has 3 aromatic carbocycles. The fraction of sp³-hybridized carbons (Fsp3) is 0.133. The van der Waals surface area contributed by atoms with Gasteiger partial charge in [0.1, 0.15) is 22.7 Å². The fourth-order valence-electron chi connectivity index (χ4n) is 4.93. The summed E-state index contributed by atoms with van der Waals surface area (Å²) < 4.78 is 33.0.